The lowest BCUT2D eigenvalue weighted by Crippen LogP contribution is -2.36. The van der Waals surface area contributed by atoms with E-state index in [1.54, 1.807) is 53.6 Å². The summed E-state index contributed by atoms with van der Waals surface area (Å²) in [6, 6.07) is 16.7. The number of hydrogen-bond acceptors (Lipinski definition) is 10. The first-order valence-corrected chi connectivity index (χ1v) is 26.3. The summed E-state index contributed by atoms with van der Waals surface area (Å²) in [5.41, 5.74) is 14.8. The zero-order chi connectivity index (χ0) is 39.6. The van der Waals surface area contributed by atoms with Gasteiger partial charge in [0.1, 0.15) is 36.4 Å². The highest BCUT2D eigenvalue weighted by molar-refractivity contribution is 9.10. The van der Waals surface area contributed by atoms with Gasteiger partial charge in [0.15, 0.2) is 0 Å². The molecule has 0 fully saturated rings. The number of nitrogen functional groups attached to an aromatic ring is 2. The minimum atomic E-state index is -1.59. The fourth-order valence-electron chi connectivity index (χ4n) is 5.07. The van der Waals surface area contributed by atoms with Crippen LogP contribution in [0, 0.1) is 0 Å². The maximum atomic E-state index is 9.50. The molecule has 0 unspecified atom stereocenters. The Hall–Kier alpha value is -3.32. The van der Waals surface area contributed by atoms with E-state index in [1.165, 1.54) is 0 Å². The number of rotatable bonds is 12. The van der Waals surface area contributed by atoms with Crippen LogP contribution in [-0.4, -0.2) is 75.6 Å². The summed E-state index contributed by atoms with van der Waals surface area (Å²) in [4.78, 5) is 16.6. The predicted molar refractivity (Wildman–Crippen MR) is 232 cm³/mol. The van der Waals surface area contributed by atoms with Crippen LogP contribution in [0.5, 0.6) is 0 Å². The fraction of sp³-hybridized carbons (Fsp3) is 0.333. The fourth-order valence-corrected chi connectivity index (χ4v) is 7.33. The van der Waals surface area contributed by atoms with Crippen LogP contribution in [0.1, 0.15) is 0 Å². The zero-order valence-electron chi connectivity index (χ0n) is 31.4. The van der Waals surface area contributed by atoms with Gasteiger partial charge < -0.3 is 40.1 Å². The van der Waals surface area contributed by atoms with E-state index in [4.69, 9.17) is 44.1 Å². The second-order valence-corrected chi connectivity index (χ2v) is 27.9. The van der Waals surface area contributed by atoms with Crippen molar-refractivity contribution in [3.05, 3.63) is 87.8 Å². The quantitative estimate of drug-likeness (QED) is 0.0704. The highest BCUT2D eigenvalue weighted by atomic mass is 79.9. The third-order valence-electron chi connectivity index (χ3n) is 8.04. The van der Waals surface area contributed by atoms with Crippen molar-refractivity contribution < 1.29 is 19.5 Å². The summed E-state index contributed by atoms with van der Waals surface area (Å²) in [6.45, 7) is 15.9. The Bertz CT molecular complexity index is 2130. The van der Waals surface area contributed by atoms with Gasteiger partial charge in [-0.05, 0) is 60.6 Å². The van der Waals surface area contributed by atoms with Crippen molar-refractivity contribution in [2.75, 3.05) is 24.7 Å². The lowest BCUT2D eigenvalue weighted by atomic mass is 9.86. The molecule has 0 aliphatic rings. The molecule has 288 valence electrons. The zero-order valence-corrected chi connectivity index (χ0v) is 36.5. The predicted octanol–water partition coefficient (Wildman–Crippen LogP) is 7.75. The maximum Gasteiger partial charge on any atom is 0.506 e. The molecule has 0 bridgehead atoms. The topological polar surface area (TPSA) is 172 Å². The van der Waals surface area contributed by atoms with Crippen LogP contribution in [0.25, 0.3) is 33.3 Å². The van der Waals surface area contributed by atoms with Gasteiger partial charge in [-0.25, -0.2) is 19.9 Å². The third kappa shape index (κ3) is 12.9. The molecule has 54 heavy (non-hydrogen) atoms. The van der Waals surface area contributed by atoms with Gasteiger partial charge in [-0.3, -0.25) is 0 Å². The molecule has 0 aliphatic heterocycles. The van der Waals surface area contributed by atoms with Crippen LogP contribution in [0.2, 0.25) is 61.4 Å². The highest BCUT2D eigenvalue weighted by Gasteiger charge is 2.22. The van der Waals surface area contributed by atoms with Gasteiger partial charge in [0.05, 0.1) is 21.3 Å². The van der Waals surface area contributed by atoms with Gasteiger partial charge in [0, 0.05) is 75.0 Å². The van der Waals surface area contributed by atoms with Crippen LogP contribution in [0.15, 0.2) is 77.8 Å². The Labute approximate surface area is 337 Å². The summed E-state index contributed by atoms with van der Waals surface area (Å²) in [5.74, 6) is 1.02. The Morgan fingerprint density at radius 3 is 1.65 bits per heavy atom. The van der Waals surface area contributed by atoms with E-state index in [-0.39, 0.29) is 6.73 Å². The lowest BCUT2D eigenvalue weighted by Gasteiger charge is -2.16. The minimum absolute atomic E-state index is 0.230. The first kappa shape index (κ1) is 43.4. The van der Waals surface area contributed by atoms with Crippen LogP contribution in [0.3, 0.4) is 0 Å². The van der Waals surface area contributed by atoms with E-state index in [1.807, 2.05) is 28.8 Å². The minimum Gasteiger partial charge on any atom is -0.422 e. The average molecular weight is 875 g/mol. The van der Waals surface area contributed by atoms with Gasteiger partial charge in [-0.15, -0.1) is 0 Å². The van der Waals surface area contributed by atoms with E-state index in [0.29, 0.717) is 51.6 Å². The molecule has 0 radical (unpaired) electrons. The molecule has 6 heterocycles. The van der Waals surface area contributed by atoms with Crippen molar-refractivity contribution in [1.82, 2.24) is 29.1 Å². The van der Waals surface area contributed by atoms with Gasteiger partial charge in [0.2, 0.25) is 0 Å². The van der Waals surface area contributed by atoms with E-state index < -0.39 is 23.3 Å². The molecule has 18 heteroatoms. The summed E-state index contributed by atoms with van der Waals surface area (Å²) >= 11 is 15.7. The molecule has 0 aromatic carbocycles. The van der Waals surface area contributed by atoms with Crippen LogP contribution >= 0.6 is 39.1 Å². The van der Waals surface area contributed by atoms with Gasteiger partial charge >= 0.3 is 7.12 Å². The van der Waals surface area contributed by atoms with Crippen molar-refractivity contribution >= 4 is 102 Å². The molecule has 6 aromatic rings. The number of nitrogens with zero attached hydrogens (tertiary/aromatic N) is 6. The van der Waals surface area contributed by atoms with Crippen LogP contribution < -0.4 is 17.1 Å². The molecular formula is C36H48BBrCl2N8O4Si2. The van der Waals surface area contributed by atoms with Crippen molar-refractivity contribution in [2.24, 2.45) is 0 Å². The molecule has 0 saturated carbocycles. The molecule has 0 saturated heterocycles. The molecule has 6 aromatic heterocycles. The summed E-state index contributed by atoms with van der Waals surface area (Å²) in [6.07, 6.45) is 6.66. The Morgan fingerprint density at radius 2 is 1.17 bits per heavy atom. The second kappa shape index (κ2) is 19.5. The number of pyridine rings is 4. The van der Waals surface area contributed by atoms with Crippen LogP contribution in [-0.2, 0) is 22.9 Å². The number of nitrogens with two attached hydrogens (primary N) is 2. The molecule has 6 rings (SSSR count). The SMILES string of the molecule is C[Si](C)(C)CCOCn1c(-c2ccnc(N)c2)cc2c(Cl)ccnc21.C[Si](C)(C)CCOCn1c(B(O)O)cc2c(Cl)ccnc21.Nc1cc(Br)ccn1. The molecule has 6 N–H and O–H groups in total. The molecule has 12 nitrogen and oxygen atoms in total. The monoisotopic (exact) mass is 872 g/mol. The highest BCUT2D eigenvalue weighted by Crippen LogP contribution is 2.32. The van der Waals surface area contributed by atoms with Crippen LogP contribution in [0.4, 0.5) is 11.6 Å². The lowest BCUT2D eigenvalue weighted by molar-refractivity contribution is 0.0909. The maximum absolute atomic E-state index is 9.50. The Kier molecular flexibility index (Phi) is 15.7. The number of anilines is 2. The van der Waals surface area contributed by atoms with Gasteiger partial charge in [-0.1, -0.05) is 78.4 Å². The molecule has 0 aliphatic carbocycles. The molecule has 0 spiro atoms. The first-order valence-electron chi connectivity index (χ1n) is 17.3. The molecule has 0 atom stereocenters. The Morgan fingerprint density at radius 1 is 0.685 bits per heavy atom. The van der Waals surface area contributed by atoms with E-state index in [9.17, 15) is 10.0 Å². The van der Waals surface area contributed by atoms with Crippen molar-refractivity contribution in [2.45, 2.75) is 64.8 Å². The normalized spacial score (nSPS) is 11.6. The first-order chi connectivity index (χ1) is 25.4. The molecule has 0 amide bonds. The number of fused-ring (bicyclic) bond motifs is 2. The average Bonchev–Trinajstić information content (AvgIpc) is 3.65. The number of ether oxygens (including phenoxy) is 2. The number of aromatic nitrogens is 6. The Balaban J connectivity index is 0.000000202. The van der Waals surface area contributed by atoms with Crippen molar-refractivity contribution in [3.8, 4) is 11.3 Å². The van der Waals surface area contributed by atoms with E-state index >= 15 is 0 Å². The largest absolute Gasteiger partial charge is 0.506 e. The summed E-state index contributed by atoms with van der Waals surface area (Å²) in [5, 5.41) is 21.8. The number of halogens is 3. The smallest absolute Gasteiger partial charge is 0.422 e. The number of hydrogen-bond donors (Lipinski definition) is 4. The summed E-state index contributed by atoms with van der Waals surface area (Å²) in [7, 11) is -3.86. The summed E-state index contributed by atoms with van der Waals surface area (Å²) < 4.78 is 16.3. The van der Waals surface area contributed by atoms with Crippen molar-refractivity contribution in [1.29, 1.82) is 0 Å². The third-order valence-corrected chi connectivity index (χ3v) is 12.6. The van der Waals surface area contributed by atoms with Gasteiger partial charge in [-0.2, -0.15) is 0 Å². The van der Waals surface area contributed by atoms with E-state index in [2.05, 4.69) is 75.1 Å². The second-order valence-electron chi connectivity index (χ2n) is 15.0. The standard InChI is InChI=1S/C18H23ClN4OSi.C13H20BClN2O3Si.C5H5BrN2/c1-25(2,3)9-8-24-12-23-16(13-4-6-21-17(20)10-13)11-14-15(19)5-7-22-18(14)23;1-21(2,3)7-6-20-9-17-12(14(18)19)8-10-11(15)4-5-16-13(10)17;6-4-1-2-8-5(7)3-4/h4-7,10-11H,8-9,12H2,1-3H3,(H2,20,21);4-5,8,18-19H,6-7,9H2,1-3H3;1-3H,(H2,7,8). The molecular weight excluding hydrogens is 826 g/mol. The van der Waals surface area contributed by atoms with E-state index in [0.717, 1.165) is 45.5 Å². The van der Waals surface area contributed by atoms with Crippen molar-refractivity contribution in [3.63, 3.8) is 0 Å². The van der Waals surface area contributed by atoms with Gasteiger partial charge in [0.25, 0.3) is 0 Å².